The first-order chi connectivity index (χ1) is 8.70. The average molecular weight is 244 g/mol. The number of nitrogens with zero attached hydrogens (tertiary/aromatic N) is 1. The molecule has 1 aromatic carbocycles. The van der Waals surface area contributed by atoms with Gasteiger partial charge in [0, 0.05) is 5.54 Å². The van der Waals surface area contributed by atoms with Crippen LogP contribution in [0.3, 0.4) is 0 Å². The fourth-order valence-electron chi connectivity index (χ4n) is 3.85. The summed E-state index contributed by atoms with van der Waals surface area (Å²) in [6.07, 6.45) is 6.13. The Hall–Kier alpha value is -0.860. The minimum absolute atomic E-state index is 0.0594. The smallest absolute Gasteiger partial charge is 0.0442 e. The SMILES string of the molecule is CN1CCC(C2(N)CCCc3ccccc32)CC1. The minimum Gasteiger partial charge on any atom is -0.321 e. The summed E-state index contributed by atoms with van der Waals surface area (Å²) in [4.78, 5) is 2.43. The van der Waals surface area contributed by atoms with Crippen LogP contribution in [0.4, 0.5) is 0 Å². The zero-order valence-corrected chi connectivity index (χ0v) is 11.4. The maximum Gasteiger partial charge on any atom is 0.0442 e. The van der Waals surface area contributed by atoms with Crippen molar-refractivity contribution in [2.45, 2.75) is 37.6 Å². The summed E-state index contributed by atoms with van der Waals surface area (Å²) in [5.41, 5.74) is 9.74. The molecule has 0 saturated carbocycles. The van der Waals surface area contributed by atoms with Gasteiger partial charge in [-0.3, -0.25) is 0 Å². The van der Waals surface area contributed by atoms with Crippen LogP contribution in [0.5, 0.6) is 0 Å². The summed E-state index contributed by atoms with van der Waals surface area (Å²) in [5, 5.41) is 0. The fourth-order valence-corrected chi connectivity index (χ4v) is 3.85. The molecule has 1 saturated heterocycles. The molecular weight excluding hydrogens is 220 g/mol. The van der Waals surface area contributed by atoms with E-state index in [1.54, 1.807) is 0 Å². The maximum atomic E-state index is 6.87. The Morgan fingerprint density at radius 3 is 2.72 bits per heavy atom. The highest BCUT2D eigenvalue weighted by molar-refractivity contribution is 5.36. The highest BCUT2D eigenvalue weighted by atomic mass is 15.1. The first-order valence-corrected chi connectivity index (χ1v) is 7.26. The van der Waals surface area contributed by atoms with Gasteiger partial charge in [-0.05, 0) is 69.3 Å². The lowest BCUT2D eigenvalue weighted by Gasteiger charge is -2.45. The predicted molar refractivity (Wildman–Crippen MR) is 75.5 cm³/mol. The van der Waals surface area contributed by atoms with Crippen LogP contribution in [-0.2, 0) is 12.0 Å². The molecule has 18 heavy (non-hydrogen) atoms. The van der Waals surface area contributed by atoms with Crippen LogP contribution in [0.2, 0.25) is 0 Å². The van der Waals surface area contributed by atoms with Gasteiger partial charge in [-0.25, -0.2) is 0 Å². The van der Waals surface area contributed by atoms with Crippen LogP contribution < -0.4 is 5.73 Å². The number of benzene rings is 1. The summed E-state index contributed by atoms with van der Waals surface area (Å²) in [6, 6.07) is 8.85. The first-order valence-electron chi connectivity index (χ1n) is 7.26. The third kappa shape index (κ3) is 1.98. The second-order valence-electron chi connectivity index (χ2n) is 6.13. The highest BCUT2D eigenvalue weighted by Crippen LogP contribution is 2.42. The second kappa shape index (κ2) is 4.67. The van der Waals surface area contributed by atoms with Gasteiger partial charge < -0.3 is 10.6 Å². The Morgan fingerprint density at radius 2 is 1.94 bits per heavy atom. The van der Waals surface area contributed by atoms with E-state index in [-0.39, 0.29) is 5.54 Å². The molecule has 1 aromatic rings. The number of aryl methyl sites for hydroxylation is 1. The first kappa shape index (κ1) is 12.2. The monoisotopic (exact) mass is 244 g/mol. The number of rotatable bonds is 1. The lowest BCUT2D eigenvalue weighted by Crippen LogP contribution is -2.50. The lowest BCUT2D eigenvalue weighted by molar-refractivity contribution is 0.133. The fraction of sp³-hybridized carbons (Fsp3) is 0.625. The molecule has 2 nitrogen and oxygen atoms in total. The third-order valence-electron chi connectivity index (χ3n) is 5.00. The molecule has 1 aliphatic carbocycles. The van der Waals surface area contributed by atoms with Gasteiger partial charge in [0.15, 0.2) is 0 Å². The summed E-state index contributed by atoms with van der Waals surface area (Å²) < 4.78 is 0. The van der Waals surface area contributed by atoms with E-state index >= 15 is 0 Å². The summed E-state index contributed by atoms with van der Waals surface area (Å²) in [5.74, 6) is 0.662. The van der Waals surface area contributed by atoms with Gasteiger partial charge in [0.2, 0.25) is 0 Å². The molecule has 2 aliphatic rings. The van der Waals surface area contributed by atoms with Gasteiger partial charge in [0.25, 0.3) is 0 Å². The maximum absolute atomic E-state index is 6.87. The number of nitrogens with two attached hydrogens (primary N) is 1. The Labute approximate surface area is 110 Å². The van der Waals surface area contributed by atoms with Gasteiger partial charge in [-0.15, -0.1) is 0 Å². The zero-order chi connectivity index (χ0) is 12.6. The van der Waals surface area contributed by atoms with E-state index in [1.807, 2.05) is 0 Å². The molecular formula is C16H24N2. The Morgan fingerprint density at radius 1 is 1.22 bits per heavy atom. The normalized spacial score (nSPS) is 30.1. The van der Waals surface area contributed by atoms with Gasteiger partial charge >= 0.3 is 0 Å². The van der Waals surface area contributed by atoms with Crippen molar-refractivity contribution in [3.05, 3.63) is 35.4 Å². The Kier molecular flexibility index (Phi) is 3.16. The van der Waals surface area contributed by atoms with Crippen molar-refractivity contribution >= 4 is 0 Å². The number of likely N-dealkylation sites (tertiary alicyclic amines) is 1. The number of hydrogen-bond acceptors (Lipinski definition) is 2. The molecule has 0 aromatic heterocycles. The number of fused-ring (bicyclic) bond motifs is 1. The van der Waals surface area contributed by atoms with Crippen molar-refractivity contribution in [3.63, 3.8) is 0 Å². The van der Waals surface area contributed by atoms with E-state index in [4.69, 9.17) is 5.73 Å². The van der Waals surface area contributed by atoms with Crippen molar-refractivity contribution in [1.29, 1.82) is 0 Å². The molecule has 2 N–H and O–H groups in total. The Bertz CT molecular complexity index is 421. The molecule has 0 amide bonds. The molecule has 1 heterocycles. The van der Waals surface area contributed by atoms with Crippen molar-refractivity contribution < 1.29 is 0 Å². The van der Waals surface area contributed by atoms with Gasteiger partial charge in [0.05, 0.1) is 0 Å². The van der Waals surface area contributed by atoms with Crippen LogP contribution in [0.25, 0.3) is 0 Å². The average Bonchev–Trinajstić information content (AvgIpc) is 2.40. The van der Waals surface area contributed by atoms with Gasteiger partial charge in [0.1, 0.15) is 0 Å². The summed E-state index contributed by atoms with van der Waals surface area (Å²) >= 11 is 0. The molecule has 0 spiro atoms. The molecule has 1 unspecified atom stereocenters. The molecule has 1 fully saturated rings. The van der Waals surface area contributed by atoms with E-state index in [0.717, 1.165) is 0 Å². The minimum atomic E-state index is -0.0594. The molecule has 3 rings (SSSR count). The van der Waals surface area contributed by atoms with E-state index in [0.29, 0.717) is 5.92 Å². The molecule has 0 radical (unpaired) electrons. The quantitative estimate of drug-likeness (QED) is 0.822. The Balaban J connectivity index is 1.91. The van der Waals surface area contributed by atoms with E-state index in [1.165, 1.54) is 56.3 Å². The highest BCUT2D eigenvalue weighted by Gasteiger charge is 2.40. The predicted octanol–water partition coefficient (Wildman–Crippen LogP) is 2.52. The standard InChI is InChI=1S/C16H24N2/c1-18-11-8-14(9-12-18)16(17)10-4-6-13-5-2-3-7-15(13)16/h2-3,5,7,14H,4,6,8-12,17H2,1H3. The van der Waals surface area contributed by atoms with Gasteiger partial charge in [-0.1, -0.05) is 24.3 Å². The van der Waals surface area contributed by atoms with Crippen LogP contribution >= 0.6 is 0 Å². The van der Waals surface area contributed by atoms with E-state index < -0.39 is 0 Å². The summed E-state index contributed by atoms with van der Waals surface area (Å²) in [7, 11) is 2.22. The van der Waals surface area contributed by atoms with E-state index in [2.05, 4.69) is 36.2 Å². The zero-order valence-electron chi connectivity index (χ0n) is 11.4. The molecule has 2 heteroatoms. The second-order valence-corrected chi connectivity index (χ2v) is 6.13. The van der Waals surface area contributed by atoms with Crippen molar-refractivity contribution in [1.82, 2.24) is 4.90 Å². The largest absolute Gasteiger partial charge is 0.321 e. The van der Waals surface area contributed by atoms with Crippen LogP contribution in [0.15, 0.2) is 24.3 Å². The topological polar surface area (TPSA) is 29.3 Å². The van der Waals surface area contributed by atoms with Crippen molar-refractivity contribution in [2.75, 3.05) is 20.1 Å². The summed E-state index contributed by atoms with van der Waals surface area (Å²) in [6.45, 7) is 2.40. The number of hydrogen-bond donors (Lipinski definition) is 1. The van der Waals surface area contributed by atoms with Crippen LogP contribution in [0.1, 0.15) is 36.8 Å². The lowest BCUT2D eigenvalue weighted by atomic mass is 9.67. The van der Waals surface area contributed by atoms with Gasteiger partial charge in [-0.2, -0.15) is 0 Å². The molecule has 1 aliphatic heterocycles. The van der Waals surface area contributed by atoms with Crippen molar-refractivity contribution in [3.8, 4) is 0 Å². The molecule has 1 atom stereocenters. The number of piperidine rings is 1. The molecule has 0 bridgehead atoms. The van der Waals surface area contributed by atoms with Crippen LogP contribution in [-0.4, -0.2) is 25.0 Å². The van der Waals surface area contributed by atoms with E-state index in [9.17, 15) is 0 Å². The van der Waals surface area contributed by atoms with Crippen molar-refractivity contribution in [2.24, 2.45) is 11.7 Å². The van der Waals surface area contributed by atoms with Crippen LogP contribution in [0, 0.1) is 5.92 Å². The molecule has 98 valence electrons. The third-order valence-corrected chi connectivity index (χ3v) is 5.00.